The number of aliphatic hydroxyl groups is 2. The molecule has 0 aliphatic heterocycles. The van der Waals surface area contributed by atoms with Crippen LogP contribution in [0.2, 0.25) is 0 Å². The highest BCUT2D eigenvalue weighted by atomic mass is 16.5. The fourth-order valence-corrected chi connectivity index (χ4v) is 6.06. The van der Waals surface area contributed by atoms with Gasteiger partial charge in [-0.3, -0.25) is 0 Å². The molecule has 7 atom stereocenters. The molecule has 0 heterocycles. The molecule has 3 aliphatic rings. The van der Waals surface area contributed by atoms with Crippen molar-refractivity contribution in [1.82, 2.24) is 0 Å². The van der Waals surface area contributed by atoms with Crippen LogP contribution < -0.4 is 0 Å². The molecular formula is C20H28O4. The molecule has 0 amide bonds. The van der Waals surface area contributed by atoms with Crippen LogP contribution >= 0.6 is 0 Å². The maximum absolute atomic E-state index is 11.0. The number of fused-ring (bicyclic) bond motifs is 5. The molecule has 1 aromatic carbocycles. The Morgan fingerprint density at radius 2 is 2.00 bits per heavy atom. The molecule has 1 aromatic rings. The summed E-state index contributed by atoms with van der Waals surface area (Å²) in [5.41, 5.74) is 1.09. The molecule has 0 unspecified atom stereocenters. The van der Waals surface area contributed by atoms with Gasteiger partial charge in [-0.1, -0.05) is 13.0 Å². The van der Waals surface area contributed by atoms with Gasteiger partial charge in [0.05, 0.1) is 17.8 Å². The number of hydrogen-bond donors (Lipinski definition) is 3. The third kappa shape index (κ3) is 1.97. The highest BCUT2D eigenvalue weighted by molar-refractivity contribution is 5.41. The van der Waals surface area contributed by atoms with Gasteiger partial charge in [0.1, 0.15) is 5.75 Å². The second-order valence-electron chi connectivity index (χ2n) is 8.51. The zero-order chi connectivity index (χ0) is 17.3. The van der Waals surface area contributed by atoms with E-state index in [2.05, 4.69) is 6.92 Å². The number of phenols is 1. The number of aromatic hydroxyl groups is 1. The Bertz CT molecular complexity index is 655. The van der Waals surface area contributed by atoms with E-state index in [1.54, 1.807) is 20.1 Å². The minimum Gasteiger partial charge on any atom is -0.508 e. The van der Waals surface area contributed by atoms with Gasteiger partial charge in [-0.2, -0.15) is 0 Å². The Labute approximate surface area is 143 Å². The second-order valence-corrected chi connectivity index (χ2v) is 8.51. The van der Waals surface area contributed by atoms with Gasteiger partial charge < -0.3 is 20.1 Å². The number of aryl methyl sites for hydroxylation is 1. The summed E-state index contributed by atoms with van der Waals surface area (Å²) in [6.45, 7) is 3.92. The van der Waals surface area contributed by atoms with Gasteiger partial charge in [0.15, 0.2) is 0 Å². The fraction of sp³-hybridized carbons (Fsp3) is 0.700. The topological polar surface area (TPSA) is 69.9 Å². The van der Waals surface area contributed by atoms with E-state index in [0.29, 0.717) is 24.0 Å². The van der Waals surface area contributed by atoms with Gasteiger partial charge >= 0.3 is 0 Å². The van der Waals surface area contributed by atoms with E-state index >= 15 is 0 Å². The van der Waals surface area contributed by atoms with Crippen molar-refractivity contribution < 1.29 is 20.1 Å². The minimum atomic E-state index is -1.07. The smallest absolute Gasteiger partial charge is 0.115 e. The standard InChI is InChI=1S/C20H28O4/c1-19-10-16(24-3)18-13-7-5-12(21)8-11(13)4-6-14(18)15(19)9-17(22)20(19,2)23/h5,7-8,14-18,21-23H,4,6,9-10H2,1-3H3/t14-,15-,16-,17+,18+,19-,20-/m0/s1. The van der Waals surface area contributed by atoms with E-state index < -0.39 is 11.7 Å². The molecule has 2 fully saturated rings. The molecule has 132 valence electrons. The average molecular weight is 332 g/mol. The Kier molecular flexibility index (Phi) is 3.55. The largest absolute Gasteiger partial charge is 0.508 e. The molecule has 4 nitrogen and oxygen atoms in total. The number of hydrogen-bond acceptors (Lipinski definition) is 4. The summed E-state index contributed by atoms with van der Waals surface area (Å²) in [6, 6.07) is 5.69. The lowest BCUT2D eigenvalue weighted by Crippen LogP contribution is -2.56. The molecule has 0 aromatic heterocycles. The first-order valence-electron chi connectivity index (χ1n) is 9.04. The molecule has 3 N–H and O–H groups in total. The molecular weight excluding hydrogens is 304 g/mol. The summed E-state index contributed by atoms with van der Waals surface area (Å²) >= 11 is 0. The fourth-order valence-electron chi connectivity index (χ4n) is 6.06. The Hall–Kier alpha value is -1.10. The summed E-state index contributed by atoms with van der Waals surface area (Å²) < 4.78 is 5.89. The first kappa shape index (κ1) is 16.4. The summed E-state index contributed by atoms with van der Waals surface area (Å²) in [5.74, 6) is 1.29. The Morgan fingerprint density at radius 1 is 1.25 bits per heavy atom. The van der Waals surface area contributed by atoms with Crippen molar-refractivity contribution in [3.63, 3.8) is 0 Å². The SMILES string of the molecule is CO[C@H]1C[C@@]2(C)[C@@H](C[C@@H](O)[C@]2(C)O)[C@@H]2CCc3cc(O)ccc3[C@H]21. The number of rotatable bonds is 1. The monoisotopic (exact) mass is 332 g/mol. The molecule has 0 saturated heterocycles. The summed E-state index contributed by atoms with van der Waals surface area (Å²) in [4.78, 5) is 0. The Morgan fingerprint density at radius 3 is 2.71 bits per heavy atom. The van der Waals surface area contributed by atoms with Crippen molar-refractivity contribution in [1.29, 1.82) is 0 Å². The molecule has 0 spiro atoms. The van der Waals surface area contributed by atoms with Gasteiger partial charge in [0.2, 0.25) is 0 Å². The molecule has 0 bridgehead atoms. The first-order valence-corrected chi connectivity index (χ1v) is 9.04. The molecule has 4 rings (SSSR count). The van der Waals surface area contributed by atoms with Gasteiger partial charge in [0.25, 0.3) is 0 Å². The molecule has 3 aliphatic carbocycles. The average Bonchev–Trinajstić information content (AvgIpc) is 2.73. The van der Waals surface area contributed by atoms with Gasteiger partial charge in [-0.25, -0.2) is 0 Å². The van der Waals surface area contributed by atoms with E-state index in [-0.39, 0.29) is 17.4 Å². The molecule has 2 saturated carbocycles. The van der Waals surface area contributed by atoms with Crippen LogP contribution in [0.3, 0.4) is 0 Å². The lowest BCUT2D eigenvalue weighted by Gasteiger charge is -2.55. The predicted octanol–water partition coefficient (Wildman–Crippen LogP) is 2.60. The minimum absolute atomic E-state index is 0.0246. The second kappa shape index (κ2) is 5.20. The van der Waals surface area contributed by atoms with Gasteiger partial charge in [-0.05, 0) is 67.7 Å². The lowest BCUT2D eigenvalue weighted by molar-refractivity contribution is -0.155. The maximum Gasteiger partial charge on any atom is 0.115 e. The number of ether oxygens (including phenoxy) is 1. The van der Waals surface area contributed by atoms with Crippen molar-refractivity contribution in [2.45, 2.75) is 63.3 Å². The van der Waals surface area contributed by atoms with Crippen LogP contribution in [0.1, 0.15) is 50.2 Å². The third-order valence-electron chi connectivity index (χ3n) is 7.64. The van der Waals surface area contributed by atoms with Crippen molar-refractivity contribution in [3.05, 3.63) is 29.3 Å². The van der Waals surface area contributed by atoms with Crippen LogP contribution in [0.15, 0.2) is 18.2 Å². The van der Waals surface area contributed by atoms with E-state index in [0.717, 1.165) is 19.3 Å². The van der Waals surface area contributed by atoms with Crippen LogP contribution in [-0.2, 0) is 11.2 Å². The molecule has 0 radical (unpaired) electrons. The highest BCUT2D eigenvalue weighted by Gasteiger charge is 2.65. The predicted molar refractivity (Wildman–Crippen MR) is 90.9 cm³/mol. The number of methoxy groups -OCH3 is 1. The zero-order valence-electron chi connectivity index (χ0n) is 14.7. The van der Waals surface area contributed by atoms with E-state index in [1.165, 1.54) is 11.1 Å². The third-order valence-corrected chi connectivity index (χ3v) is 7.64. The normalized spacial score (nSPS) is 47.0. The number of phenolic OH excluding ortho intramolecular Hbond substituents is 1. The van der Waals surface area contributed by atoms with Gasteiger partial charge in [0, 0.05) is 18.4 Å². The van der Waals surface area contributed by atoms with Crippen molar-refractivity contribution in [3.8, 4) is 5.75 Å². The Balaban J connectivity index is 1.80. The van der Waals surface area contributed by atoms with Crippen LogP contribution in [-0.4, -0.2) is 40.2 Å². The van der Waals surface area contributed by atoms with E-state index in [9.17, 15) is 15.3 Å². The summed E-state index contributed by atoms with van der Waals surface area (Å²) in [5, 5.41) is 31.3. The van der Waals surface area contributed by atoms with Crippen LogP contribution in [0.25, 0.3) is 0 Å². The van der Waals surface area contributed by atoms with Crippen LogP contribution in [0, 0.1) is 17.3 Å². The van der Waals surface area contributed by atoms with Crippen LogP contribution in [0.4, 0.5) is 0 Å². The van der Waals surface area contributed by atoms with Crippen molar-refractivity contribution in [2.24, 2.45) is 17.3 Å². The van der Waals surface area contributed by atoms with E-state index in [1.807, 2.05) is 12.1 Å². The number of aliphatic hydroxyl groups excluding tert-OH is 1. The molecule has 24 heavy (non-hydrogen) atoms. The highest BCUT2D eigenvalue weighted by Crippen LogP contribution is 2.64. The van der Waals surface area contributed by atoms with Crippen LogP contribution in [0.5, 0.6) is 5.75 Å². The lowest BCUT2D eigenvalue weighted by atomic mass is 9.52. The van der Waals surface area contributed by atoms with E-state index in [4.69, 9.17) is 4.74 Å². The van der Waals surface area contributed by atoms with Crippen molar-refractivity contribution in [2.75, 3.05) is 7.11 Å². The quantitative estimate of drug-likeness (QED) is 0.739. The van der Waals surface area contributed by atoms with Gasteiger partial charge in [-0.15, -0.1) is 0 Å². The summed E-state index contributed by atoms with van der Waals surface area (Å²) in [6.07, 6.45) is 2.71. The maximum atomic E-state index is 11.0. The first-order chi connectivity index (χ1) is 11.3. The van der Waals surface area contributed by atoms with Crippen molar-refractivity contribution >= 4 is 0 Å². The molecule has 4 heteroatoms. The zero-order valence-corrected chi connectivity index (χ0v) is 14.7. The summed E-state index contributed by atoms with van der Waals surface area (Å²) in [7, 11) is 1.75. The number of benzene rings is 1.